The van der Waals surface area contributed by atoms with Gasteiger partial charge in [0.05, 0.1) is 9.91 Å². The topological polar surface area (TPSA) is 81.2 Å². The van der Waals surface area contributed by atoms with Crippen molar-refractivity contribution in [1.82, 2.24) is 0 Å². The molecule has 0 radical (unpaired) electrons. The zero-order chi connectivity index (χ0) is 10.7. The predicted molar refractivity (Wildman–Crippen MR) is 59.4 cm³/mol. The lowest BCUT2D eigenvalue weighted by atomic mass is 10.2. The largest absolute Gasteiger partial charge is 0.393 e. The molecule has 0 saturated heterocycles. The van der Waals surface area contributed by atoms with E-state index in [2.05, 4.69) is 5.32 Å². The summed E-state index contributed by atoms with van der Waals surface area (Å²) in [6.07, 6.45) is 0. The van der Waals surface area contributed by atoms with Crippen LogP contribution in [0.25, 0.3) is 0 Å². The fourth-order valence-electron chi connectivity index (χ4n) is 1.06. The Balaban J connectivity index is 3.21. The maximum Gasteiger partial charge on any atom is 0.315 e. The maximum absolute atomic E-state index is 10.7. The fourth-order valence-corrected chi connectivity index (χ4v) is 1.17. The Morgan fingerprint density at radius 3 is 2.79 bits per heavy atom. The zero-order valence-corrected chi connectivity index (χ0v) is 8.30. The molecule has 0 aliphatic carbocycles. The van der Waals surface area contributed by atoms with E-state index in [0.717, 1.165) is 0 Å². The summed E-state index contributed by atoms with van der Waals surface area (Å²) in [5.41, 5.74) is 5.77. The van der Waals surface area contributed by atoms with Crippen LogP contribution in [-0.4, -0.2) is 9.91 Å². The van der Waals surface area contributed by atoms with Crippen LogP contribution in [0.3, 0.4) is 0 Å². The van der Waals surface area contributed by atoms with E-state index < -0.39 is 4.92 Å². The van der Waals surface area contributed by atoms with E-state index in [0.29, 0.717) is 10.7 Å². The van der Waals surface area contributed by atoms with Gasteiger partial charge < -0.3 is 11.1 Å². The molecule has 0 heterocycles. The summed E-state index contributed by atoms with van der Waals surface area (Å²) in [7, 11) is 0. The second-order valence-electron chi connectivity index (χ2n) is 2.68. The van der Waals surface area contributed by atoms with Crippen LogP contribution in [0.4, 0.5) is 17.1 Å². The van der Waals surface area contributed by atoms with Crippen molar-refractivity contribution in [2.24, 2.45) is 0 Å². The number of benzene rings is 1. The fraction of sp³-hybridized carbons (Fsp3) is 0.125. The van der Waals surface area contributed by atoms with Crippen molar-refractivity contribution in [3.63, 3.8) is 0 Å². The summed E-state index contributed by atoms with van der Waals surface area (Å²) < 4.78 is 0. The van der Waals surface area contributed by atoms with Gasteiger partial charge in [0, 0.05) is 0 Å². The molecule has 14 heavy (non-hydrogen) atoms. The Bertz CT molecular complexity index is 392. The van der Waals surface area contributed by atoms with Crippen molar-refractivity contribution in [1.29, 1.82) is 0 Å². The highest BCUT2D eigenvalue weighted by Gasteiger charge is 2.17. The summed E-state index contributed by atoms with van der Waals surface area (Å²) >= 11 is 4.79. The second-order valence-corrected chi connectivity index (χ2v) is 3.29. The molecule has 0 bridgehead atoms. The van der Waals surface area contributed by atoms with Crippen LogP contribution >= 0.6 is 12.2 Å². The van der Waals surface area contributed by atoms with Crippen molar-refractivity contribution in [2.75, 3.05) is 11.1 Å². The third-order valence-corrected chi connectivity index (χ3v) is 1.66. The van der Waals surface area contributed by atoms with Gasteiger partial charge >= 0.3 is 5.69 Å². The number of para-hydroxylation sites is 1. The van der Waals surface area contributed by atoms with Gasteiger partial charge in [-0.25, -0.2) is 0 Å². The number of nitrogens with two attached hydrogens (primary N) is 1. The molecule has 0 aliphatic rings. The molecule has 3 N–H and O–H groups in total. The molecule has 0 amide bonds. The first kappa shape index (κ1) is 10.4. The number of rotatable bonds is 2. The van der Waals surface area contributed by atoms with E-state index >= 15 is 0 Å². The van der Waals surface area contributed by atoms with Crippen LogP contribution in [0.5, 0.6) is 0 Å². The van der Waals surface area contributed by atoms with Gasteiger partial charge in [0.1, 0.15) is 11.4 Å². The van der Waals surface area contributed by atoms with Crippen LogP contribution < -0.4 is 11.1 Å². The number of nitrogens with zero attached hydrogens (tertiary/aromatic N) is 1. The number of anilines is 2. The van der Waals surface area contributed by atoms with E-state index in [1.165, 1.54) is 6.07 Å². The monoisotopic (exact) mass is 211 g/mol. The lowest BCUT2D eigenvalue weighted by Crippen LogP contribution is -2.07. The Morgan fingerprint density at radius 1 is 1.64 bits per heavy atom. The molecule has 0 spiro atoms. The van der Waals surface area contributed by atoms with Gasteiger partial charge in [-0.3, -0.25) is 10.1 Å². The number of nitrogens with one attached hydrogen (secondary N) is 1. The summed E-state index contributed by atoms with van der Waals surface area (Å²) in [6, 6.07) is 4.66. The Morgan fingerprint density at radius 2 is 2.29 bits per heavy atom. The van der Waals surface area contributed by atoms with Gasteiger partial charge in [-0.15, -0.1) is 0 Å². The molecule has 0 fully saturated rings. The average Bonchev–Trinajstić information content (AvgIpc) is 2.01. The van der Waals surface area contributed by atoms with Gasteiger partial charge in [0.2, 0.25) is 0 Å². The second kappa shape index (κ2) is 4.01. The van der Waals surface area contributed by atoms with Crippen LogP contribution in [0.15, 0.2) is 18.2 Å². The van der Waals surface area contributed by atoms with Gasteiger partial charge in [-0.1, -0.05) is 18.3 Å². The molecule has 6 heteroatoms. The van der Waals surface area contributed by atoms with E-state index in [-0.39, 0.29) is 11.4 Å². The normalized spacial score (nSPS) is 9.50. The number of nitro groups is 1. The third-order valence-electron chi connectivity index (χ3n) is 1.56. The Labute approximate surface area is 86.1 Å². The summed E-state index contributed by atoms with van der Waals surface area (Å²) in [6.45, 7) is 1.64. The van der Waals surface area contributed by atoms with E-state index in [1.54, 1.807) is 19.1 Å². The number of hydrogen-bond acceptors (Lipinski definition) is 4. The highest BCUT2D eigenvalue weighted by molar-refractivity contribution is 7.80. The number of thiocarbonyl (C=S) groups is 1. The average molecular weight is 211 g/mol. The van der Waals surface area contributed by atoms with Gasteiger partial charge in [-0.2, -0.15) is 0 Å². The van der Waals surface area contributed by atoms with Gasteiger partial charge in [0.25, 0.3) is 0 Å². The lowest BCUT2D eigenvalue weighted by Gasteiger charge is -2.05. The van der Waals surface area contributed by atoms with E-state index in [1.807, 2.05) is 0 Å². The first-order chi connectivity index (χ1) is 6.52. The van der Waals surface area contributed by atoms with Crippen molar-refractivity contribution in [2.45, 2.75) is 6.92 Å². The van der Waals surface area contributed by atoms with Crippen LogP contribution in [0.2, 0.25) is 0 Å². The maximum atomic E-state index is 10.7. The zero-order valence-electron chi connectivity index (χ0n) is 7.48. The Hall–Kier alpha value is -1.69. The molecule has 0 atom stereocenters. The lowest BCUT2D eigenvalue weighted by molar-refractivity contribution is -0.382. The quantitative estimate of drug-likeness (QED) is 0.338. The van der Waals surface area contributed by atoms with Gasteiger partial charge in [-0.05, 0) is 19.1 Å². The molecule has 1 rings (SSSR count). The first-order valence-corrected chi connectivity index (χ1v) is 4.23. The molecular weight excluding hydrogens is 202 g/mol. The molecule has 74 valence electrons. The van der Waals surface area contributed by atoms with Crippen molar-refractivity contribution >= 4 is 34.3 Å². The van der Waals surface area contributed by atoms with Crippen molar-refractivity contribution in [3.8, 4) is 0 Å². The summed E-state index contributed by atoms with van der Waals surface area (Å²) in [4.78, 5) is 10.6. The van der Waals surface area contributed by atoms with E-state index in [4.69, 9.17) is 18.0 Å². The first-order valence-electron chi connectivity index (χ1n) is 3.83. The predicted octanol–water partition coefficient (Wildman–Crippen LogP) is 1.94. The van der Waals surface area contributed by atoms with Crippen LogP contribution in [0, 0.1) is 10.1 Å². The van der Waals surface area contributed by atoms with Crippen molar-refractivity contribution < 1.29 is 4.92 Å². The molecule has 0 saturated carbocycles. The molecular formula is C8H9N3O2S. The van der Waals surface area contributed by atoms with Crippen LogP contribution in [-0.2, 0) is 0 Å². The standard InChI is InChI=1S/C8H9N3O2S/c1-5(14)10-7-4-2-3-6(9)8(7)11(12)13/h2-4H,9H2,1H3,(H,10,14). The Kier molecular flexibility index (Phi) is 2.98. The third kappa shape index (κ3) is 2.17. The SMILES string of the molecule is CC(=S)Nc1cccc(N)c1[N+](=O)[O-]. The number of hydrogen-bond donors (Lipinski definition) is 2. The highest BCUT2D eigenvalue weighted by Crippen LogP contribution is 2.30. The minimum atomic E-state index is -0.532. The summed E-state index contributed by atoms with van der Waals surface area (Å²) in [5, 5.41) is 13.4. The van der Waals surface area contributed by atoms with E-state index in [9.17, 15) is 10.1 Å². The number of nitro benzene ring substituents is 1. The van der Waals surface area contributed by atoms with Crippen LogP contribution in [0.1, 0.15) is 6.92 Å². The molecule has 1 aromatic carbocycles. The number of nitrogen functional groups attached to an aromatic ring is 1. The molecule has 1 aromatic rings. The molecule has 0 aliphatic heterocycles. The minimum absolute atomic E-state index is 0.122. The summed E-state index contributed by atoms with van der Waals surface area (Å²) in [5.74, 6) is 0. The van der Waals surface area contributed by atoms with Gasteiger partial charge in [0.15, 0.2) is 0 Å². The molecule has 0 aromatic heterocycles. The molecule has 0 unspecified atom stereocenters. The minimum Gasteiger partial charge on any atom is -0.393 e. The smallest absolute Gasteiger partial charge is 0.315 e. The molecule has 5 nitrogen and oxygen atoms in total. The van der Waals surface area contributed by atoms with Crippen molar-refractivity contribution in [3.05, 3.63) is 28.3 Å². The highest BCUT2D eigenvalue weighted by atomic mass is 32.1.